The number of imidazole rings is 1. The zero-order chi connectivity index (χ0) is 17.7. The second-order valence-electron chi connectivity index (χ2n) is 6.19. The summed E-state index contributed by atoms with van der Waals surface area (Å²) in [6.07, 6.45) is 3.62. The maximum absolute atomic E-state index is 5.33. The van der Waals surface area contributed by atoms with Crippen molar-refractivity contribution in [2.24, 2.45) is 7.05 Å². The highest BCUT2D eigenvalue weighted by molar-refractivity contribution is 6.09. The van der Waals surface area contributed by atoms with Gasteiger partial charge in [0.15, 0.2) is 5.82 Å². The van der Waals surface area contributed by atoms with E-state index in [0.717, 1.165) is 50.1 Å². The number of nitrogens with one attached hydrogen (secondary N) is 2. The Hall–Kier alpha value is -3.61. The molecule has 0 aliphatic heterocycles. The molecule has 2 N–H and O–H groups in total. The Balaban J connectivity index is 1.65. The largest absolute Gasteiger partial charge is 0.497 e. The number of aromatic amines is 1. The quantitative estimate of drug-likeness (QED) is 0.521. The molecule has 0 aliphatic rings. The second-order valence-corrected chi connectivity index (χ2v) is 6.19. The van der Waals surface area contributed by atoms with Gasteiger partial charge in [0.05, 0.1) is 36.2 Å². The summed E-state index contributed by atoms with van der Waals surface area (Å²) >= 11 is 0. The predicted molar refractivity (Wildman–Crippen MR) is 102 cm³/mol. The standard InChI is InChI=1S/C19H16N6O/c1-25-10-20-16-7-11(3-6-17(16)25)22-19-18-14(9-21-24-18)13-8-12(26-2)4-5-15(13)23-19/h3-10H,1-2H3,(H,21,24)(H,22,23). The summed E-state index contributed by atoms with van der Waals surface area (Å²) in [5, 5.41) is 12.6. The summed E-state index contributed by atoms with van der Waals surface area (Å²) in [5.74, 6) is 1.52. The summed E-state index contributed by atoms with van der Waals surface area (Å²) in [5.41, 5.74) is 4.67. The molecule has 0 unspecified atom stereocenters. The Morgan fingerprint density at radius 1 is 1.08 bits per heavy atom. The average molecular weight is 344 g/mol. The normalized spacial score (nSPS) is 11.5. The van der Waals surface area contributed by atoms with E-state index in [4.69, 9.17) is 9.72 Å². The van der Waals surface area contributed by atoms with Crippen molar-refractivity contribution < 1.29 is 4.74 Å². The number of hydrogen-bond donors (Lipinski definition) is 2. The minimum Gasteiger partial charge on any atom is -0.497 e. The first-order chi connectivity index (χ1) is 12.7. The fourth-order valence-electron chi connectivity index (χ4n) is 3.24. The van der Waals surface area contributed by atoms with Crippen molar-refractivity contribution in [1.82, 2.24) is 24.7 Å². The molecular formula is C19H16N6O. The van der Waals surface area contributed by atoms with Crippen molar-refractivity contribution in [3.8, 4) is 5.75 Å². The average Bonchev–Trinajstić information content (AvgIpc) is 3.29. The number of aromatic nitrogens is 5. The molecule has 2 aromatic carbocycles. The lowest BCUT2D eigenvalue weighted by atomic mass is 10.1. The molecule has 128 valence electrons. The van der Waals surface area contributed by atoms with Gasteiger partial charge in [-0.2, -0.15) is 5.10 Å². The van der Waals surface area contributed by atoms with Crippen molar-refractivity contribution in [3.63, 3.8) is 0 Å². The number of aryl methyl sites for hydroxylation is 1. The van der Waals surface area contributed by atoms with Gasteiger partial charge in [-0.1, -0.05) is 0 Å². The zero-order valence-corrected chi connectivity index (χ0v) is 14.3. The monoisotopic (exact) mass is 344 g/mol. The summed E-state index contributed by atoms with van der Waals surface area (Å²) in [6, 6.07) is 11.9. The Bertz CT molecular complexity index is 1270. The highest BCUT2D eigenvalue weighted by Gasteiger charge is 2.12. The van der Waals surface area contributed by atoms with Crippen molar-refractivity contribution in [3.05, 3.63) is 48.9 Å². The molecular weight excluding hydrogens is 328 g/mol. The van der Waals surface area contributed by atoms with Gasteiger partial charge in [-0.15, -0.1) is 0 Å². The van der Waals surface area contributed by atoms with Gasteiger partial charge < -0.3 is 14.6 Å². The van der Waals surface area contributed by atoms with Crippen LogP contribution in [0, 0.1) is 0 Å². The number of pyridine rings is 1. The Kier molecular flexibility index (Phi) is 3.08. The van der Waals surface area contributed by atoms with Gasteiger partial charge >= 0.3 is 0 Å². The molecule has 5 rings (SSSR count). The third kappa shape index (κ3) is 2.17. The van der Waals surface area contributed by atoms with Crippen LogP contribution in [0.15, 0.2) is 48.9 Å². The van der Waals surface area contributed by atoms with Crippen LogP contribution >= 0.6 is 0 Å². The number of H-pyrrole nitrogens is 1. The van der Waals surface area contributed by atoms with Crippen LogP contribution < -0.4 is 10.1 Å². The van der Waals surface area contributed by atoms with E-state index in [1.165, 1.54) is 0 Å². The van der Waals surface area contributed by atoms with Crippen LogP contribution in [0.4, 0.5) is 11.5 Å². The Morgan fingerprint density at radius 2 is 2.00 bits per heavy atom. The van der Waals surface area contributed by atoms with Gasteiger partial charge in [0, 0.05) is 23.5 Å². The minimum absolute atomic E-state index is 0.727. The molecule has 0 atom stereocenters. The topological polar surface area (TPSA) is 80.6 Å². The lowest BCUT2D eigenvalue weighted by Gasteiger charge is -2.10. The number of benzene rings is 2. The Labute approximate surface area is 148 Å². The molecule has 0 bridgehead atoms. The molecule has 5 aromatic rings. The van der Waals surface area contributed by atoms with E-state index in [0.29, 0.717) is 0 Å². The molecule has 3 heterocycles. The number of anilines is 2. The van der Waals surface area contributed by atoms with E-state index in [-0.39, 0.29) is 0 Å². The molecule has 0 saturated heterocycles. The first-order valence-electron chi connectivity index (χ1n) is 8.22. The molecule has 3 aromatic heterocycles. The van der Waals surface area contributed by atoms with Gasteiger partial charge in [-0.05, 0) is 36.4 Å². The smallest absolute Gasteiger partial charge is 0.157 e. The first-order valence-corrected chi connectivity index (χ1v) is 8.22. The van der Waals surface area contributed by atoms with Crippen LogP contribution in [0.1, 0.15) is 0 Å². The number of nitrogens with zero attached hydrogens (tertiary/aromatic N) is 4. The van der Waals surface area contributed by atoms with E-state index in [2.05, 4.69) is 20.5 Å². The van der Waals surface area contributed by atoms with Gasteiger partial charge in [0.2, 0.25) is 0 Å². The first kappa shape index (κ1) is 14.7. The van der Waals surface area contributed by atoms with E-state index in [1.54, 1.807) is 7.11 Å². The predicted octanol–water partition coefficient (Wildman–Crippen LogP) is 3.75. The van der Waals surface area contributed by atoms with Crippen molar-refractivity contribution in [2.45, 2.75) is 0 Å². The van der Waals surface area contributed by atoms with E-state index in [9.17, 15) is 0 Å². The number of ether oxygens (including phenoxy) is 1. The van der Waals surface area contributed by atoms with Gasteiger partial charge in [-0.25, -0.2) is 9.97 Å². The summed E-state index contributed by atoms with van der Waals surface area (Å²) in [7, 11) is 3.64. The lowest BCUT2D eigenvalue weighted by molar-refractivity contribution is 0.415. The SMILES string of the molecule is COc1ccc2nc(Nc3ccc4c(c3)ncn4C)c3[nH]ncc3c2c1. The van der Waals surface area contributed by atoms with Crippen molar-refractivity contribution in [2.75, 3.05) is 12.4 Å². The fraction of sp³-hybridized carbons (Fsp3) is 0.105. The molecule has 7 heteroatoms. The third-order valence-electron chi connectivity index (χ3n) is 4.59. The number of hydrogen-bond acceptors (Lipinski definition) is 5. The van der Waals surface area contributed by atoms with Crippen LogP contribution in [0.3, 0.4) is 0 Å². The van der Waals surface area contributed by atoms with Crippen LogP contribution in [0.25, 0.3) is 32.8 Å². The maximum Gasteiger partial charge on any atom is 0.157 e. The van der Waals surface area contributed by atoms with Crippen LogP contribution in [0.2, 0.25) is 0 Å². The van der Waals surface area contributed by atoms with Crippen LogP contribution in [-0.2, 0) is 7.05 Å². The van der Waals surface area contributed by atoms with E-state index < -0.39 is 0 Å². The molecule has 0 spiro atoms. The molecule has 0 saturated carbocycles. The lowest BCUT2D eigenvalue weighted by Crippen LogP contribution is -1.96. The van der Waals surface area contributed by atoms with Crippen LogP contribution in [0.5, 0.6) is 5.75 Å². The third-order valence-corrected chi connectivity index (χ3v) is 4.59. The number of methoxy groups -OCH3 is 1. The van der Waals surface area contributed by atoms with Crippen LogP contribution in [-0.4, -0.2) is 31.8 Å². The number of rotatable bonds is 3. The summed E-state index contributed by atoms with van der Waals surface area (Å²) in [6.45, 7) is 0. The molecule has 0 amide bonds. The minimum atomic E-state index is 0.727. The van der Waals surface area contributed by atoms with E-state index in [1.807, 2.05) is 60.5 Å². The van der Waals surface area contributed by atoms with E-state index >= 15 is 0 Å². The summed E-state index contributed by atoms with van der Waals surface area (Å²) in [4.78, 5) is 9.18. The molecule has 0 aliphatic carbocycles. The highest BCUT2D eigenvalue weighted by Crippen LogP contribution is 2.32. The van der Waals surface area contributed by atoms with Gasteiger partial charge in [-0.3, -0.25) is 5.10 Å². The van der Waals surface area contributed by atoms with Crippen molar-refractivity contribution >= 4 is 44.3 Å². The van der Waals surface area contributed by atoms with Crippen molar-refractivity contribution in [1.29, 1.82) is 0 Å². The molecule has 0 fully saturated rings. The molecule has 0 radical (unpaired) electrons. The molecule has 7 nitrogen and oxygen atoms in total. The van der Waals surface area contributed by atoms with Gasteiger partial charge in [0.1, 0.15) is 11.3 Å². The fourth-order valence-corrected chi connectivity index (χ4v) is 3.24. The highest BCUT2D eigenvalue weighted by atomic mass is 16.5. The molecule has 26 heavy (non-hydrogen) atoms. The summed E-state index contributed by atoms with van der Waals surface area (Å²) < 4.78 is 7.33. The number of fused-ring (bicyclic) bond motifs is 4. The Morgan fingerprint density at radius 3 is 2.88 bits per heavy atom. The van der Waals surface area contributed by atoms with Gasteiger partial charge in [0.25, 0.3) is 0 Å². The second kappa shape index (κ2) is 5.45. The maximum atomic E-state index is 5.33. The zero-order valence-electron chi connectivity index (χ0n) is 14.3.